The molecule has 1 unspecified atom stereocenters. The van der Waals surface area contributed by atoms with Crippen LogP contribution in [0.5, 0.6) is 0 Å². The maximum absolute atomic E-state index is 12.9. The van der Waals surface area contributed by atoms with Crippen LogP contribution in [0.1, 0.15) is 26.3 Å². The summed E-state index contributed by atoms with van der Waals surface area (Å²) in [6.45, 7) is 15.3. The lowest BCUT2D eigenvalue weighted by molar-refractivity contribution is 0.240. The highest BCUT2D eigenvalue weighted by molar-refractivity contribution is 9.10. The zero-order valence-corrected chi connectivity index (χ0v) is 20.4. The molecule has 152 valence electrons. The summed E-state index contributed by atoms with van der Waals surface area (Å²) in [5.74, 6) is 1.88. The fourth-order valence-corrected chi connectivity index (χ4v) is 6.11. The van der Waals surface area contributed by atoms with Gasteiger partial charge in [-0.25, -0.2) is 4.98 Å². The molecule has 1 aliphatic carbocycles. The van der Waals surface area contributed by atoms with Crippen molar-refractivity contribution in [3.8, 4) is 0 Å². The molecule has 2 heterocycles. The van der Waals surface area contributed by atoms with Crippen LogP contribution in [0, 0.1) is 18.8 Å². The molecule has 7 heteroatoms. The van der Waals surface area contributed by atoms with Gasteiger partial charge in [-0.05, 0) is 58.7 Å². The van der Waals surface area contributed by atoms with E-state index in [0.717, 1.165) is 34.6 Å². The van der Waals surface area contributed by atoms with Gasteiger partial charge in [-0.1, -0.05) is 20.8 Å². The van der Waals surface area contributed by atoms with E-state index >= 15 is 0 Å². The van der Waals surface area contributed by atoms with Gasteiger partial charge >= 0.3 is 0 Å². The lowest BCUT2D eigenvalue weighted by Gasteiger charge is -2.37. The Morgan fingerprint density at radius 3 is 2.39 bits per heavy atom. The second kappa shape index (κ2) is 6.41. The zero-order valence-electron chi connectivity index (χ0n) is 17.8. The van der Waals surface area contributed by atoms with E-state index in [-0.39, 0.29) is 10.6 Å². The molecule has 0 radical (unpaired) electrons. The van der Waals surface area contributed by atoms with Gasteiger partial charge in [0.25, 0.3) is 5.56 Å². The van der Waals surface area contributed by atoms with E-state index in [9.17, 15) is 4.79 Å². The number of hydrogen-bond acceptors (Lipinski definition) is 4. The zero-order chi connectivity index (χ0) is 20.6. The number of aromatic nitrogens is 2. The molecule has 1 saturated carbocycles. The Morgan fingerprint density at radius 1 is 1.21 bits per heavy atom. The first kappa shape index (κ1) is 20.1. The first-order valence-corrected chi connectivity index (χ1v) is 13.7. The summed E-state index contributed by atoms with van der Waals surface area (Å²) in [4.78, 5) is 20.0. The van der Waals surface area contributed by atoms with Crippen LogP contribution in [0.15, 0.2) is 21.4 Å². The predicted molar refractivity (Wildman–Crippen MR) is 121 cm³/mol. The minimum absolute atomic E-state index is 0.0130. The molecule has 0 bridgehead atoms. The van der Waals surface area contributed by atoms with Gasteiger partial charge < -0.3 is 9.33 Å². The number of halogens is 1. The van der Waals surface area contributed by atoms with Crippen molar-refractivity contribution in [2.75, 3.05) is 18.0 Å². The number of nitrogens with zero attached hydrogens (tertiary/aromatic N) is 3. The Balaban J connectivity index is 1.57. The molecule has 0 N–H and O–H groups in total. The molecule has 0 amide bonds. The molecule has 0 spiro atoms. The van der Waals surface area contributed by atoms with Crippen LogP contribution in [0.3, 0.4) is 0 Å². The van der Waals surface area contributed by atoms with Crippen LogP contribution >= 0.6 is 15.9 Å². The van der Waals surface area contributed by atoms with E-state index in [2.05, 4.69) is 54.7 Å². The van der Waals surface area contributed by atoms with Crippen LogP contribution in [0.25, 0.3) is 10.9 Å². The molecule has 5 nitrogen and oxygen atoms in total. The minimum Gasteiger partial charge on any atom is -0.413 e. The number of fused-ring (bicyclic) bond motifs is 2. The van der Waals surface area contributed by atoms with Crippen molar-refractivity contribution in [3.05, 3.63) is 32.5 Å². The Bertz CT molecular complexity index is 999. The predicted octanol–water partition coefficient (Wildman–Crippen LogP) is 4.46. The van der Waals surface area contributed by atoms with Crippen molar-refractivity contribution in [1.29, 1.82) is 0 Å². The first-order valence-electron chi connectivity index (χ1n) is 10.0. The Morgan fingerprint density at radius 2 is 1.82 bits per heavy atom. The monoisotopic (exact) mass is 463 g/mol. The molecule has 28 heavy (non-hydrogen) atoms. The Labute approximate surface area is 176 Å². The van der Waals surface area contributed by atoms with Gasteiger partial charge in [-0.2, -0.15) is 0 Å². The summed E-state index contributed by atoms with van der Waals surface area (Å²) in [7, 11) is 0.0900. The van der Waals surface area contributed by atoms with Crippen molar-refractivity contribution < 1.29 is 4.43 Å². The van der Waals surface area contributed by atoms with Crippen LogP contribution < -0.4 is 10.5 Å². The second-order valence-electron chi connectivity index (χ2n) is 9.99. The summed E-state index contributed by atoms with van der Waals surface area (Å²) >= 11 is 3.59. The SMILES string of the molecule is Cc1cc(Br)c2nc(N3C[C@@H]4C(O[Si](C)(C)C(C)(C)C)[C@@H]4C3)n(C)c(=O)c2c1. The summed E-state index contributed by atoms with van der Waals surface area (Å²) < 4.78 is 9.21. The summed E-state index contributed by atoms with van der Waals surface area (Å²) in [6, 6.07) is 3.94. The molecule has 2 fully saturated rings. The molecular formula is C21H30BrN3O2Si. The molecule has 1 saturated heterocycles. The number of piperidine rings is 1. The number of anilines is 1. The van der Waals surface area contributed by atoms with E-state index in [1.54, 1.807) is 4.57 Å². The molecule has 2 aromatic rings. The van der Waals surface area contributed by atoms with Crippen LogP contribution in [-0.2, 0) is 11.5 Å². The maximum atomic E-state index is 12.9. The van der Waals surface area contributed by atoms with Crippen molar-refractivity contribution in [3.63, 3.8) is 0 Å². The quantitative estimate of drug-likeness (QED) is 0.630. The first-order chi connectivity index (χ1) is 12.9. The topological polar surface area (TPSA) is 47.4 Å². The van der Waals surface area contributed by atoms with Gasteiger partial charge in [-0.15, -0.1) is 0 Å². The molecule has 3 atom stereocenters. The highest BCUT2D eigenvalue weighted by Crippen LogP contribution is 2.52. The highest BCUT2D eigenvalue weighted by atomic mass is 79.9. The van der Waals surface area contributed by atoms with E-state index in [4.69, 9.17) is 9.41 Å². The van der Waals surface area contributed by atoms with Crippen molar-refractivity contribution >= 4 is 41.1 Å². The summed E-state index contributed by atoms with van der Waals surface area (Å²) in [5, 5.41) is 0.902. The molecule has 1 aromatic heterocycles. The van der Waals surface area contributed by atoms with Crippen LogP contribution in [0.4, 0.5) is 5.95 Å². The number of hydrogen-bond donors (Lipinski definition) is 0. The van der Waals surface area contributed by atoms with Crippen molar-refractivity contribution in [1.82, 2.24) is 9.55 Å². The fraction of sp³-hybridized carbons (Fsp3) is 0.619. The third-order valence-corrected chi connectivity index (χ3v) is 12.0. The molecule has 2 aliphatic rings. The molecule has 4 rings (SSSR count). The second-order valence-corrected chi connectivity index (χ2v) is 15.6. The fourth-order valence-electron chi connectivity index (χ4n) is 4.07. The molecule has 1 aromatic carbocycles. The molecule has 1 aliphatic heterocycles. The third-order valence-electron chi connectivity index (χ3n) is 6.89. The average Bonchev–Trinajstić information content (AvgIpc) is 3.01. The van der Waals surface area contributed by atoms with Crippen LogP contribution in [-0.4, -0.2) is 37.1 Å². The van der Waals surface area contributed by atoms with Crippen molar-refractivity contribution in [2.24, 2.45) is 18.9 Å². The van der Waals surface area contributed by atoms with Gasteiger partial charge in [0, 0.05) is 36.4 Å². The van der Waals surface area contributed by atoms with E-state index in [1.165, 1.54) is 0 Å². The normalized spacial score (nSPS) is 24.7. The number of aryl methyl sites for hydroxylation is 1. The van der Waals surface area contributed by atoms with Gasteiger partial charge in [-0.3, -0.25) is 9.36 Å². The largest absolute Gasteiger partial charge is 0.413 e. The van der Waals surface area contributed by atoms with Gasteiger partial charge in [0.2, 0.25) is 5.95 Å². The van der Waals surface area contributed by atoms with Gasteiger partial charge in [0.05, 0.1) is 17.0 Å². The average molecular weight is 464 g/mol. The Hall–Kier alpha value is -1.18. The number of benzene rings is 1. The smallest absolute Gasteiger partial charge is 0.262 e. The van der Waals surface area contributed by atoms with Crippen molar-refractivity contribution in [2.45, 2.75) is 51.9 Å². The standard InChI is InChI=1S/C21H30BrN3O2Si/c1-12-8-13-17(16(22)9-12)23-20(24(5)19(13)26)25-10-14-15(11-25)18(14)27-28(6,7)21(2,3)4/h8-9,14-15,18H,10-11H2,1-7H3/t14-,15+,18?. The molecular weight excluding hydrogens is 434 g/mol. The lowest BCUT2D eigenvalue weighted by Crippen LogP contribution is -2.43. The van der Waals surface area contributed by atoms with Crippen LogP contribution in [0.2, 0.25) is 18.1 Å². The van der Waals surface area contributed by atoms with Gasteiger partial charge in [0.15, 0.2) is 8.32 Å². The van der Waals surface area contributed by atoms with E-state index in [1.807, 2.05) is 26.1 Å². The summed E-state index contributed by atoms with van der Waals surface area (Å²) in [6.07, 6.45) is 0.379. The third kappa shape index (κ3) is 3.15. The summed E-state index contributed by atoms with van der Waals surface area (Å²) in [5.41, 5.74) is 1.82. The lowest BCUT2D eigenvalue weighted by atomic mass is 10.2. The van der Waals surface area contributed by atoms with E-state index < -0.39 is 8.32 Å². The van der Waals surface area contributed by atoms with Gasteiger partial charge in [0.1, 0.15) is 0 Å². The maximum Gasteiger partial charge on any atom is 0.262 e. The Kier molecular flexibility index (Phi) is 4.60. The number of rotatable bonds is 3. The highest BCUT2D eigenvalue weighted by Gasteiger charge is 2.59. The minimum atomic E-state index is -1.74. The van der Waals surface area contributed by atoms with E-state index in [0.29, 0.717) is 23.3 Å².